The second-order valence-corrected chi connectivity index (χ2v) is 11.3. The molecular formula is C30H27N3O6S. The fourth-order valence-corrected chi connectivity index (χ4v) is 6.21. The first-order chi connectivity index (χ1) is 19.0. The molecule has 0 aliphatic carbocycles. The lowest BCUT2D eigenvalue weighted by Gasteiger charge is -2.15. The summed E-state index contributed by atoms with van der Waals surface area (Å²) in [5.41, 5.74) is 1.79. The van der Waals surface area contributed by atoms with Crippen LogP contribution in [-0.4, -0.2) is 34.1 Å². The monoisotopic (exact) mass is 557 g/mol. The van der Waals surface area contributed by atoms with Gasteiger partial charge >= 0.3 is 5.97 Å². The number of hydrogen-bond donors (Lipinski definition) is 0. The molecule has 0 saturated carbocycles. The summed E-state index contributed by atoms with van der Waals surface area (Å²) in [6, 6.07) is 18.3. The second-order valence-electron chi connectivity index (χ2n) is 9.47. The third-order valence-electron chi connectivity index (χ3n) is 6.74. The molecule has 0 unspecified atom stereocenters. The smallest absolute Gasteiger partial charge is 0.356 e. The first kappa shape index (κ1) is 26.9. The molecule has 40 heavy (non-hydrogen) atoms. The number of benzene rings is 2. The van der Waals surface area contributed by atoms with Crippen LogP contribution in [0.15, 0.2) is 93.6 Å². The SMILES string of the molecule is CCOC(=O)c1cc2c(-c3cc(=O)n(C)cc3-c3ccccc3)cn(C)c(=O)c2n1S(=O)(=O)c1ccc(C)cc1. The average molecular weight is 558 g/mol. The zero-order valence-electron chi connectivity index (χ0n) is 22.4. The Labute approximate surface area is 230 Å². The Morgan fingerprint density at radius 3 is 2.15 bits per heavy atom. The van der Waals surface area contributed by atoms with E-state index in [0.717, 1.165) is 15.1 Å². The molecule has 0 aliphatic rings. The highest BCUT2D eigenvalue weighted by Gasteiger charge is 2.31. The van der Waals surface area contributed by atoms with Gasteiger partial charge in [0.2, 0.25) is 0 Å². The fraction of sp³-hybridized carbons (Fsp3) is 0.167. The highest BCUT2D eigenvalue weighted by atomic mass is 32.2. The van der Waals surface area contributed by atoms with Crippen LogP contribution < -0.4 is 11.1 Å². The zero-order chi connectivity index (χ0) is 28.8. The van der Waals surface area contributed by atoms with Crippen molar-refractivity contribution < 1.29 is 17.9 Å². The van der Waals surface area contributed by atoms with E-state index in [1.54, 1.807) is 38.5 Å². The minimum Gasteiger partial charge on any atom is -0.461 e. The zero-order valence-corrected chi connectivity index (χ0v) is 23.2. The predicted octanol–water partition coefficient (Wildman–Crippen LogP) is 4.09. The van der Waals surface area contributed by atoms with Crippen molar-refractivity contribution >= 4 is 26.9 Å². The molecule has 0 saturated heterocycles. The van der Waals surface area contributed by atoms with E-state index in [1.165, 1.54) is 40.4 Å². The van der Waals surface area contributed by atoms with Gasteiger partial charge in [0.25, 0.3) is 21.1 Å². The molecule has 0 bridgehead atoms. The summed E-state index contributed by atoms with van der Waals surface area (Å²) < 4.78 is 36.7. The van der Waals surface area contributed by atoms with Gasteiger partial charge in [-0.1, -0.05) is 48.0 Å². The maximum atomic E-state index is 14.0. The summed E-state index contributed by atoms with van der Waals surface area (Å²) >= 11 is 0. The lowest BCUT2D eigenvalue weighted by molar-refractivity contribution is 0.0518. The van der Waals surface area contributed by atoms with Crippen LogP contribution in [0.5, 0.6) is 0 Å². The Kier molecular flexibility index (Phi) is 6.80. The van der Waals surface area contributed by atoms with Gasteiger partial charge in [0, 0.05) is 49.1 Å². The van der Waals surface area contributed by atoms with Crippen molar-refractivity contribution in [1.29, 1.82) is 0 Å². The summed E-state index contributed by atoms with van der Waals surface area (Å²) in [5.74, 6) is -0.894. The number of hydrogen-bond acceptors (Lipinski definition) is 6. The van der Waals surface area contributed by atoms with Gasteiger partial charge in [-0.15, -0.1) is 0 Å². The molecule has 5 aromatic rings. The molecule has 10 heteroatoms. The Hall–Kier alpha value is -4.70. The summed E-state index contributed by atoms with van der Waals surface area (Å²) in [4.78, 5) is 39.5. The van der Waals surface area contributed by atoms with E-state index in [4.69, 9.17) is 4.74 Å². The molecule has 0 amide bonds. The van der Waals surface area contributed by atoms with Crippen LogP contribution in [0.2, 0.25) is 0 Å². The number of fused-ring (bicyclic) bond motifs is 1. The van der Waals surface area contributed by atoms with E-state index in [9.17, 15) is 22.8 Å². The van der Waals surface area contributed by atoms with Crippen LogP contribution in [0.25, 0.3) is 33.2 Å². The van der Waals surface area contributed by atoms with Gasteiger partial charge in [0.05, 0.1) is 11.5 Å². The highest BCUT2D eigenvalue weighted by molar-refractivity contribution is 7.90. The summed E-state index contributed by atoms with van der Waals surface area (Å²) in [5, 5.41) is 0.201. The third kappa shape index (κ3) is 4.46. The van der Waals surface area contributed by atoms with E-state index in [-0.39, 0.29) is 33.7 Å². The van der Waals surface area contributed by atoms with Crippen molar-refractivity contribution in [2.24, 2.45) is 14.1 Å². The number of rotatable bonds is 6. The van der Waals surface area contributed by atoms with E-state index < -0.39 is 21.6 Å². The van der Waals surface area contributed by atoms with Crippen molar-refractivity contribution in [2.45, 2.75) is 18.7 Å². The van der Waals surface area contributed by atoms with Gasteiger partial charge < -0.3 is 13.9 Å². The Balaban J connectivity index is 1.94. The molecule has 5 rings (SSSR count). The summed E-state index contributed by atoms with van der Waals surface area (Å²) in [6.07, 6.45) is 3.24. The van der Waals surface area contributed by atoms with E-state index in [2.05, 4.69) is 0 Å². The van der Waals surface area contributed by atoms with Crippen LogP contribution in [0.3, 0.4) is 0 Å². The van der Waals surface area contributed by atoms with Crippen molar-refractivity contribution in [1.82, 2.24) is 13.1 Å². The minimum atomic E-state index is -4.41. The number of aryl methyl sites for hydroxylation is 3. The van der Waals surface area contributed by atoms with Gasteiger partial charge in [0.15, 0.2) is 0 Å². The van der Waals surface area contributed by atoms with Crippen LogP contribution >= 0.6 is 0 Å². The van der Waals surface area contributed by atoms with Crippen molar-refractivity contribution in [3.63, 3.8) is 0 Å². The summed E-state index contributed by atoms with van der Waals surface area (Å²) in [6.45, 7) is 3.43. The topological polar surface area (TPSA) is 109 Å². The van der Waals surface area contributed by atoms with E-state index in [0.29, 0.717) is 16.7 Å². The normalized spacial score (nSPS) is 11.6. The molecule has 2 aromatic carbocycles. The predicted molar refractivity (Wildman–Crippen MR) is 153 cm³/mol. The van der Waals surface area contributed by atoms with Crippen LogP contribution in [0.4, 0.5) is 0 Å². The highest BCUT2D eigenvalue weighted by Crippen LogP contribution is 2.36. The van der Waals surface area contributed by atoms with Gasteiger partial charge in [-0.25, -0.2) is 17.2 Å². The van der Waals surface area contributed by atoms with Crippen molar-refractivity contribution in [2.75, 3.05) is 6.61 Å². The maximum absolute atomic E-state index is 14.0. The molecule has 0 aliphatic heterocycles. The Morgan fingerprint density at radius 2 is 1.50 bits per heavy atom. The van der Waals surface area contributed by atoms with Gasteiger partial charge in [0.1, 0.15) is 11.2 Å². The van der Waals surface area contributed by atoms with E-state index in [1.807, 2.05) is 37.3 Å². The largest absolute Gasteiger partial charge is 0.461 e. The molecule has 204 valence electrons. The standard InChI is InChI=1S/C30H27N3O6S/c1-5-39-30(36)26-15-23-25(22-16-27(34)31(3)17-24(22)20-9-7-6-8-10-20)18-32(4)29(35)28(23)33(26)40(37,38)21-13-11-19(2)12-14-21/h6-18H,5H2,1-4H3. The molecular weight excluding hydrogens is 530 g/mol. The Morgan fingerprint density at radius 1 is 0.850 bits per heavy atom. The first-order valence-corrected chi connectivity index (χ1v) is 14.0. The molecule has 0 N–H and O–H groups in total. The van der Waals surface area contributed by atoms with Gasteiger partial charge in [-0.3, -0.25) is 9.59 Å². The molecule has 9 nitrogen and oxygen atoms in total. The molecule has 0 radical (unpaired) electrons. The van der Waals surface area contributed by atoms with Crippen molar-refractivity contribution in [3.8, 4) is 22.3 Å². The van der Waals surface area contributed by atoms with Crippen LogP contribution in [0, 0.1) is 6.92 Å². The second kappa shape index (κ2) is 10.1. The molecule has 0 fully saturated rings. The quantitative estimate of drug-likeness (QED) is 0.291. The minimum absolute atomic E-state index is 0.00267. The third-order valence-corrected chi connectivity index (χ3v) is 8.47. The van der Waals surface area contributed by atoms with Crippen molar-refractivity contribution in [3.05, 3.63) is 111 Å². The number of ether oxygens (including phenoxy) is 1. The maximum Gasteiger partial charge on any atom is 0.356 e. The molecule has 3 heterocycles. The summed E-state index contributed by atoms with van der Waals surface area (Å²) in [7, 11) is -1.28. The first-order valence-electron chi connectivity index (χ1n) is 12.6. The van der Waals surface area contributed by atoms with Gasteiger partial charge in [-0.2, -0.15) is 0 Å². The number of carbonyl (C=O) groups excluding carboxylic acids is 1. The number of esters is 1. The number of carbonyl (C=O) groups is 1. The number of nitrogens with zero attached hydrogens (tertiary/aromatic N) is 3. The lowest BCUT2D eigenvalue weighted by Crippen LogP contribution is -2.25. The number of pyridine rings is 2. The lowest BCUT2D eigenvalue weighted by atomic mass is 9.95. The fourth-order valence-electron chi connectivity index (χ4n) is 4.72. The van der Waals surface area contributed by atoms with Gasteiger partial charge in [-0.05, 0) is 43.2 Å². The molecule has 0 spiro atoms. The average Bonchev–Trinajstić information content (AvgIpc) is 3.35. The van der Waals surface area contributed by atoms with Crippen LogP contribution in [0.1, 0.15) is 23.0 Å². The Bertz CT molecular complexity index is 2000. The number of aromatic nitrogens is 3. The molecule has 3 aromatic heterocycles. The van der Waals surface area contributed by atoms with Crippen LogP contribution in [-0.2, 0) is 28.9 Å². The van der Waals surface area contributed by atoms with E-state index >= 15 is 0 Å². The molecule has 0 atom stereocenters.